The standard InChI is InChI=1S/C30H29BrN2O5/c1-17-24(20-14-19(31)10-11-21(20)32-25(17)18-8-6-5-7-9-18)26(36)33-30-13-12-29(15-22(30)34,16-23(30)35)27(37)38-28(2,3)4/h5-11,14H,12-13,15-16H2,1-4H3,(H,33,36). The lowest BCUT2D eigenvalue weighted by molar-refractivity contribution is -0.179. The van der Waals surface area contributed by atoms with Crippen LogP contribution >= 0.6 is 15.9 Å². The molecule has 196 valence electrons. The molecule has 6 rings (SSSR count). The number of carbonyl (C=O) groups is 4. The Hall–Kier alpha value is -3.39. The second kappa shape index (κ2) is 9.12. The zero-order valence-electron chi connectivity index (χ0n) is 21.8. The van der Waals surface area contributed by atoms with Crippen molar-refractivity contribution in [2.24, 2.45) is 5.41 Å². The predicted molar refractivity (Wildman–Crippen MR) is 147 cm³/mol. The van der Waals surface area contributed by atoms with E-state index in [-0.39, 0.29) is 25.7 Å². The number of ketones is 2. The van der Waals surface area contributed by atoms with Gasteiger partial charge in [-0.25, -0.2) is 4.98 Å². The van der Waals surface area contributed by atoms with Crippen LogP contribution in [-0.2, 0) is 19.1 Å². The molecular formula is C30H29BrN2O5. The van der Waals surface area contributed by atoms with Crippen molar-refractivity contribution < 1.29 is 23.9 Å². The molecule has 2 aromatic carbocycles. The number of nitrogens with one attached hydrogen (secondary N) is 1. The minimum atomic E-state index is -1.65. The first-order valence-electron chi connectivity index (χ1n) is 12.6. The minimum Gasteiger partial charge on any atom is -0.460 e. The zero-order valence-corrected chi connectivity index (χ0v) is 23.4. The fourth-order valence-corrected chi connectivity index (χ4v) is 5.97. The van der Waals surface area contributed by atoms with E-state index in [1.165, 1.54) is 0 Å². The van der Waals surface area contributed by atoms with Crippen molar-refractivity contribution >= 4 is 50.3 Å². The molecular weight excluding hydrogens is 548 g/mol. The van der Waals surface area contributed by atoms with Crippen LogP contribution in [0.25, 0.3) is 22.2 Å². The van der Waals surface area contributed by atoms with Gasteiger partial charge in [-0.3, -0.25) is 19.2 Å². The summed E-state index contributed by atoms with van der Waals surface area (Å²) in [6.45, 7) is 7.08. The number of halogens is 1. The summed E-state index contributed by atoms with van der Waals surface area (Å²) in [5.74, 6) is -1.93. The highest BCUT2D eigenvalue weighted by Crippen LogP contribution is 2.50. The molecule has 1 heterocycles. The van der Waals surface area contributed by atoms with Crippen LogP contribution in [0.15, 0.2) is 53.0 Å². The Morgan fingerprint density at radius 2 is 1.66 bits per heavy atom. The Bertz CT molecular complexity index is 1490. The predicted octanol–water partition coefficient (Wildman–Crippen LogP) is 5.50. The molecule has 0 unspecified atom stereocenters. The van der Waals surface area contributed by atoms with Gasteiger partial charge in [-0.15, -0.1) is 0 Å². The van der Waals surface area contributed by atoms with Crippen LogP contribution in [0.3, 0.4) is 0 Å². The molecule has 7 nitrogen and oxygen atoms in total. The van der Waals surface area contributed by atoms with Gasteiger partial charge in [0.15, 0.2) is 17.1 Å². The molecule has 3 saturated carbocycles. The second-order valence-electron chi connectivity index (χ2n) is 11.3. The molecule has 1 amide bonds. The third-order valence-electron chi connectivity index (χ3n) is 7.55. The summed E-state index contributed by atoms with van der Waals surface area (Å²) in [6.07, 6.45) is 0.0825. The number of carbonyl (C=O) groups excluding carboxylic acids is 4. The van der Waals surface area contributed by atoms with Crippen molar-refractivity contribution in [3.05, 3.63) is 64.1 Å². The molecule has 0 radical (unpaired) electrons. The van der Waals surface area contributed by atoms with Crippen molar-refractivity contribution in [3.8, 4) is 11.3 Å². The number of esters is 1. The van der Waals surface area contributed by atoms with Crippen LogP contribution in [0.2, 0.25) is 0 Å². The van der Waals surface area contributed by atoms with E-state index in [1.54, 1.807) is 20.8 Å². The fourth-order valence-electron chi connectivity index (χ4n) is 5.61. The van der Waals surface area contributed by atoms with Crippen molar-refractivity contribution in [2.75, 3.05) is 0 Å². The smallest absolute Gasteiger partial charge is 0.313 e. The summed E-state index contributed by atoms with van der Waals surface area (Å²) in [5.41, 5.74) is -0.425. The Kier molecular flexibility index (Phi) is 6.29. The SMILES string of the molecule is Cc1c(-c2ccccc2)nc2ccc(Br)cc2c1C(=O)NC12CCC(C(=O)OC(C)(C)C)(CC1=O)CC2=O. The number of rotatable bonds is 4. The van der Waals surface area contributed by atoms with E-state index >= 15 is 0 Å². The molecule has 8 heteroatoms. The van der Waals surface area contributed by atoms with E-state index in [4.69, 9.17) is 9.72 Å². The van der Waals surface area contributed by atoms with Gasteiger partial charge >= 0.3 is 5.97 Å². The Morgan fingerprint density at radius 3 is 2.26 bits per heavy atom. The maximum Gasteiger partial charge on any atom is 0.313 e. The number of hydrogen-bond acceptors (Lipinski definition) is 6. The average Bonchev–Trinajstić information content (AvgIpc) is 2.84. The highest BCUT2D eigenvalue weighted by atomic mass is 79.9. The molecule has 0 saturated heterocycles. The largest absolute Gasteiger partial charge is 0.460 e. The number of ether oxygens (including phenoxy) is 1. The zero-order chi connectivity index (χ0) is 27.5. The monoisotopic (exact) mass is 576 g/mol. The molecule has 3 aromatic rings. The number of nitrogens with zero attached hydrogens (tertiary/aromatic N) is 1. The number of pyridine rings is 1. The topological polar surface area (TPSA) is 102 Å². The van der Waals surface area contributed by atoms with E-state index in [9.17, 15) is 19.2 Å². The molecule has 38 heavy (non-hydrogen) atoms. The highest BCUT2D eigenvalue weighted by molar-refractivity contribution is 9.10. The normalized spacial score (nSPS) is 23.0. The Balaban J connectivity index is 1.54. The average molecular weight is 577 g/mol. The van der Waals surface area contributed by atoms with Gasteiger partial charge in [-0.2, -0.15) is 0 Å². The van der Waals surface area contributed by atoms with Gasteiger partial charge in [0.05, 0.1) is 22.2 Å². The van der Waals surface area contributed by atoms with Crippen LogP contribution in [-0.4, -0.2) is 39.6 Å². The maximum atomic E-state index is 14.0. The van der Waals surface area contributed by atoms with E-state index in [0.717, 1.165) is 10.0 Å². The summed E-state index contributed by atoms with van der Waals surface area (Å²) in [4.78, 5) is 58.7. The first kappa shape index (κ1) is 26.2. The van der Waals surface area contributed by atoms with Crippen molar-refractivity contribution in [1.29, 1.82) is 0 Å². The molecule has 3 fully saturated rings. The van der Waals surface area contributed by atoms with Crippen LogP contribution in [0.4, 0.5) is 0 Å². The molecule has 1 aromatic heterocycles. The van der Waals surface area contributed by atoms with E-state index < -0.39 is 40.0 Å². The first-order valence-corrected chi connectivity index (χ1v) is 13.4. The van der Waals surface area contributed by atoms with Gasteiger partial charge in [0.2, 0.25) is 0 Å². The number of aromatic nitrogens is 1. The van der Waals surface area contributed by atoms with Crippen LogP contribution < -0.4 is 5.32 Å². The second-order valence-corrected chi connectivity index (χ2v) is 12.2. The number of fused-ring (bicyclic) bond motifs is 4. The summed E-state index contributed by atoms with van der Waals surface area (Å²) in [6, 6.07) is 15.1. The van der Waals surface area contributed by atoms with Gasteiger partial charge in [-0.1, -0.05) is 46.3 Å². The van der Waals surface area contributed by atoms with Crippen molar-refractivity contribution in [3.63, 3.8) is 0 Å². The molecule has 3 aliphatic carbocycles. The molecule has 2 bridgehead atoms. The quantitative estimate of drug-likeness (QED) is 0.325. The highest BCUT2D eigenvalue weighted by Gasteiger charge is 2.64. The molecule has 0 spiro atoms. The fraction of sp³-hybridized carbons (Fsp3) is 0.367. The van der Waals surface area contributed by atoms with Gasteiger partial charge in [0.25, 0.3) is 5.91 Å². The van der Waals surface area contributed by atoms with E-state index in [0.29, 0.717) is 27.7 Å². The summed E-state index contributed by atoms with van der Waals surface area (Å²) in [7, 11) is 0. The van der Waals surface area contributed by atoms with Crippen LogP contribution in [0.5, 0.6) is 0 Å². The minimum absolute atomic E-state index is 0.0625. The number of hydrogen-bond donors (Lipinski definition) is 1. The lowest BCUT2D eigenvalue weighted by atomic mass is 9.56. The summed E-state index contributed by atoms with van der Waals surface area (Å²) >= 11 is 3.48. The number of Topliss-reactive ketones (excluding diaryl/α,β-unsaturated/α-hetero) is 2. The molecule has 0 atom stereocenters. The van der Waals surface area contributed by atoms with Gasteiger partial charge in [0, 0.05) is 28.3 Å². The Labute approximate surface area is 229 Å². The van der Waals surface area contributed by atoms with Gasteiger partial charge in [0.1, 0.15) is 5.60 Å². The summed E-state index contributed by atoms with van der Waals surface area (Å²) < 4.78 is 6.34. The van der Waals surface area contributed by atoms with Gasteiger partial charge in [-0.05, 0) is 64.3 Å². The molecule has 0 aliphatic heterocycles. The van der Waals surface area contributed by atoms with E-state index in [2.05, 4.69) is 21.2 Å². The van der Waals surface area contributed by atoms with Crippen molar-refractivity contribution in [1.82, 2.24) is 10.3 Å². The van der Waals surface area contributed by atoms with Crippen LogP contribution in [0.1, 0.15) is 62.4 Å². The number of benzene rings is 2. The number of amides is 1. The lowest BCUT2D eigenvalue weighted by Crippen LogP contribution is -2.69. The lowest BCUT2D eigenvalue weighted by Gasteiger charge is -2.49. The van der Waals surface area contributed by atoms with E-state index in [1.807, 2.05) is 55.5 Å². The molecule has 3 aliphatic rings. The summed E-state index contributed by atoms with van der Waals surface area (Å²) in [5, 5.41) is 3.45. The third kappa shape index (κ3) is 4.34. The van der Waals surface area contributed by atoms with Gasteiger partial charge < -0.3 is 10.1 Å². The third-order valence-corrected chi connectivity index (χ3v) is 8.05. The Morgan fingerprint density at radius 1 is 1.00 bits per heavy atom. The maximum absolute atomic E-state index is 14.0. The van der Waals surface area contributed by atoms with Crippen LogP contribution in [0, 0.1) is 12.3 Å². The molecule has 1 N–H and O–H groups in total. The first-order chi connectivity index (χ1) is 17.9. The van der Waals surface area contributed by atoms with Crippen molar-refractivity contribution in [2.45, 2.75) is 64.5 Å².